The lowest BCUT2D eigenvalue weighted by molar-refractivity contribution is 0.661. The molecule has 4 aromatic rings. The van der Waals surface area contributed by atoms with Gasteiger partial charge < -0.3 is 4.57 Å². The summed E-state index contributed by atoms with van der Waals surface area (Å²) in [6.45, 7) is 0. The number of aromatic nitrogens is 1. The van der Waals surface area contributed by atoms with Gasteiger partial charge in [0.1, 0.15) is 0 Å². The number of halogens is 1. The molecule has 1 heterocycles. The van der Waals surface area contributed by atoms with E-state index in [1.165, 1.54) is 22.2 Å². The van der Waals surface area contributed by atoms with Crippen molar-refractivity contribution in [2.24, 2.45) is 5.92 Å². The standard InChI is InChI=1S/C28H20ClN/c29-26-17-15-21(18-25(26)19-8-2-1-3-9-19)30-27-13-7-6-12-23(27)24-16-14-20-10-4-5-11-22(20)28(24)30/h1-18,20,22H. The molecule has 30 heavy (non-hydrogen) atoms. The Kier molecular flexibility index (Phi) is 4.04. The molecule has 0 bridgehead atoms. The van der Waals surface area contributed by atoms with E-state index in [1.54, 1.807) is 0 Å². The van der Waals surface area contributed by atoms with Gasteiger partial charge in [-0.2, -0.15) is 0 Å². The normalized spacial score (nSPS) is 19.1. The van der Waals surface area contributed by atoms with Gasteiger partial charge in [-0.25, -0.2) is 0 Å². The van der Waals surface area contributed by atoms with Gasteiger partial charge >= 0.3 is 0 Å². The van der Waals surface area contributed by atoms with E-state index in [-0.39, 0.29) is 0 Å². The lowest BCUT2D eigenvalue weighted by Crippen LogP contribution is -2.16. The van der Waals surface area contributed by atoms with Crippen molar-refractivity contribution in [3.8, 4) is 16.8 Å². The highest BCUT2D eigenvalue weighted by atomic mass is 35.5. The van der Waals surface area contributed by atoms with Gasteiger partial charge in [0.25, 0.3) is 0 Å². The van der Waals surface area contributed by atoms with Crippen LogP contribution < -0.4 is 0 Å². The molecule has 2 aliphatic rings. The summed E-state index contributed by atoms with van der Waals surface area (Å²) < 4.78 is 2.43. The highest BCUT2D eigenvalue weighted by Crippen LogP contribution is 2.44. The van der Waals surface area contributed by atoms with Crippen molar-refractivity contribution in [3.05, 3.63) is 119 Å². The molecule has 2 unspecified atom stereocenters. The predicted octanol–water partition coefficient (Wildman–Crippen LogP) is 7.80. The number of allylic oxidation sites excluding steroid dienone is 5. The Balaban J connectivity index is 1.64. The molecule has 0 aliphatic heterocycles. The number of hydrogen-bond donors (Lipinski definition) is 0. The molecular weight excluding hydrogens is 386 g/mol. The molecular formula is C28H20ClN. The second-order valence-electron chi connectivity index (χ2n) is 7.91. The summed E-state index contributed by atoms with van der Waals surface area (Å²) >= 11 is 6.62. The van der Waals surface area contributed by atoms with Crippen molar-refractivity contribution < 1.29 is 0 Å². The summed E-state index contributed by atoms with van der Waals surface area (Å²) in [7, 11) is 0. The summed E-state index contributed by atoms with van der Waals surface area (Å²) in [6.07, 6.45) is 13.6. The predicted molar refractivity (Wildman–Crippen MR) is 127 cm³/mol. The number of para-hydroxylation sites is 1. The molecule has 3 aromatic carbocycles. The summed E-state index contributed by atoms with van der Waals surface area (Å²) in [6, 6.07) is 25.4. The largest absolute Gasteiger partial charge is 0.312 e. The fraction of sp³-hybridized carbons (Fsp3) is 0.0714. The smallest absolute Gasteiger partial charge is 0.0537 e. The third kappa shape index (κ3) is 2.63. The van der Waals surface area contributed by atoms with Gasteiger partial charge in [0.2, 0.25) is 0 Å². The molecule has 0 spiro atoms. The van der Waals surface area contributed by atoms with Gasteiger partial charge in [0, 0.05) is 44.8 Å². The van der Waals surface area contributed by atoms with Crippen LogP contribution >= 0.6 is 11.6 Å². The van der Waals surface area contributed by atoms with E-state index in [4.69, 9.17) is 11.6 Å². The monoisotopic (exact) mass is 405 g/mol. The van der Waals surface area contributed by atoms with Crippen LogP contribution in [0.4, 0.5) is 0 Å². The SMILES string of the molecule is Clc1ccc(-n2c3c(c4ccccc42)C=CC2C=CC=CC32)cc1-c1ccccc1. The zero-order valence-electron chi connectivity index (χ0n) is 16.4. The van der Waals surface area contributed by atoms with Crippen molar-refractivity contribution in [3.63, 3.8) is 0 Å². The molecule has 2 atom stereocenters. The van der Waals surface area contributed by atoms with Crippen LogP contribution in [-0.4, -0.2) is 4.57 Å². The maximum atomic E-state index is 6.62. The molecule has 2 heteroatoms. The average Bonchev–Trinajstić information content (AvgIpc) is 3.15. The Hall–Kier alpha value is -3.29. The van der Waals surface area contributed by atoms with Gasteiger partial charge in [0.15, 0.2) is 0 Å². The van der Waals surface area contributed by atoms with E-state index in [2.05, 4.69) is 102 Å². The van der Waals surface area contributed by atoms with E-state index >= 15 is 0 Å². The van der Waals surface area contributed by atoms with Gasteiger partial charge in [-0.1, -0.05) is 96.6 Å². The Morgan fingerprint density at radius 3 is 2.47 bits per heavy atom. The first kappa shape index (κ1) is 17.6. The molecule has 0 amide bonds. The molecule has 2 aliphatic carbocycles. The van der Waals surface area contributed by atoms with Crippen molar-refractivity contribution in [2.45, 2.75) is 5.92 Å². The van der Waals surface area contributed by atoms with E-state index in [0.717, 1.165) is 21.8 Å². The number of benzene rings is 3. The van der Waals surface area contributed by atoms with Gasteiger partial charge in [0.05, 0.1) is 5.52 Å². The minimum absolute atomic E-state index is 0.332. The molecule has 144 valence electrons. The van der Waals surface area contributed by atoms with Crippen molar-refractivity contribution in [1.82, 2.24) is 4.57 Å². The lowest BCUT2D eigenvalue weighted by atomic mass is 9.80. The van der Waals surface area contributed by atoms with Crippen LogP contribution in [0.5, 0.6) is 0 Å². The number of fused-ring (bicyclic) bond motifs is 5. The first-order valence-corrected chi connectivity index (χ1v) is 10.7. The zero-order valence-corrected chi connectivity index (χ0v) is 17.1. The molecule has 1 aromatic heterocycles. The first-order valence-electron chi connectivity index (χ1n) is 10.3. The fourth-order valence-electron chi connectivity index (χ4n) is 4.85. The maximum Gasteiger partial charge on any atom is 0.0537 e. The van der Waals surface area contributed by atoms with Crippen LogP contribution in [0.3, 0.4) is 0 Å². The highest BCUT2D eigenvalue weighted by Gasteiger charge is 2.30. The first-order chi connectivity index (χ1) is 14.8. The van der Waals surface area contributed by atoms with Crippen molar-refractivity contribution >= 4 is 28.6 Å². The third-order valence-electron chi connectivity index (χ3n) is 6.22. The molecule has 1 nitrogen and oxygen atoms in total. The highest BCUT2D eigenvalue weighted by molar-refractivity contribution is 6.33. The van der Waals surface area contributed by atoms with E-state index in [0.29, 0.717) is 11.8 Å². The zero-order chi connectivity index (χ0) is 20.1. The number of hydrogen-bond acceptors (Lipinski definition) is 0. The van der Waals surface area contributed by atoms with Crippen molar-refractivity contribution in [1.29, 1.82) is 0 Å². The molecule has 0 N–H and O–H groups in total. The lowest BCUT2D eigenvalue weighted by Gasteiger charge is -2.28. The van der Waals surface area contributed by atoms with Crippen LogP contribution in [0.15, 0.2) is 103 Å². The number of nitrogens with zero attached hydrogens (tertiary/aromatic N) is 1. The second kappa shape index (κ2) is 6.90. The maximum absolute atomic E-state index is 6.62. The molecule has 6 rings (SSSR count). The van der Waals surface area contributed by atoms with Crippen LogP contribution in [0.25, 0.3) is 33.8 Å². The summed E-state index contributed by atoms with van der Waals surface area (Å²) in [5.74, 6) is 0.727. The van der Waals surface area contributed by atoms with Crippen LogP contribution in [0.2, 0.25) is 5.02 Å². The number of rotatable bonds is 2. The Morgan fingerprint density at radius 2 is 1.57 bits per heavy atom. The van der Waals surface area contributed by atoms with E-state index in [1.807, 2.05) is 12.1 Å². The van der Waals surface area contributed by atoms with Gasteiger partial charge in [-0.3, -0.25) is 0 Å². The summed E-state index contributed by atoms with van der Waals surface area (Å²) in [5.41, 5.74) is 7.25. The second-order valence-corrected chi connectivity index (χ2v) is 8.32. The van der Waals surface area contributed by atoms with Crippen LogP contribution in [0, 0.1) is 5.92 Å². The topological polar surface area (TPSA) is 4.93 Å². The Bertz CT molecular complexity index is 1350. The quantitative estimate of drug-likeness (QED) is 0.320. The Labute approximate surface area is 181 Å². The van der Waals surface area contributed by atoms with Crippen LogP contribution in [-0.2, 0) is 0 Å². The minimum atomic E-state index is 0.332. The third-order valence-corrected chi connectivity index (χ3v) is 6.55. The van der Waals surface area contributed by atoms with E-state index in [9.17, 15) is 0 Å². The van der Waals surface area contributed by atoms with Gasteiger partial charge in [-0.15, -0.1) is 0 Å². The molecule has 0 saturated heterocycles. The minimum Gasteiger partial charge on any atom is -0.312 e. The van der Waals surface area contributed by atoms with Crippen LogP contribution in [0.1, 0.15) is 17.2 Å². The molecule has 0 saturated carbocycles. The summed E-state index contributed by atoms with van der Waals surface area (Å²) in [5, 5.41) is 2.06. The molecule has 0 radical (unpaired) electrons. The fourth-order valence-corrected chi connectivity index (χ4v) is 5.07. The summed E-state index contributed by atoms with van der Waals surface area (Å²) in [4.78, 5) is 0. The average molecular weight is 406 g/mol. The van der Waals surface area contributed by atoms with Gasteiger partial charge in [-0.05, 0) is 29.8 Å². The Morgan fingerprint density at radius 1 is 0.767 bits per heavy atom. The van der Waals surface area contributed by atoms with E-state index < -0.39 is 0 Å². The molecule has 0 fully saturated rings. The van der Waals surface area contributed by atoms with Crippen molar-refractivity contribution in [2.75, 3.05) is 0 Å².